The van der Waals surface area contributed by atoms with E-state index in [0.717, 1.165) is 11.8 Å². The van der Waals surface area contributed by atoms with E-state index in [1.54, 1.807) is 6.92 Å². The molecule has 0 radical (unpaired) electrons. The van der Waals surface area contributed by atoms with Crippen LogP contribution in [0.15, 0.2) is 36.4 Å². The van der Waals surface area contributed by atoms with E-state index in [-0.39, 0.29) is 5.56 Å². The first kappa shape index (κ1) is 22.3. The van der Waals surface area contributed by atoms with Gasteiger partial charge in [0.1, 0.15) is 11.6 Å². The average Bonchev–Trinajstić information content (AvgIpc) is 2.59. The van der Waals surface area contributed by atoms with Crippen LogP contribution < -0.4 is 0 Å². The van der Waals surface area contributed by atoms with Crippen molar-refractivity contribution in [2.75, 3.05) is 0 Å². The molecule has 144 valence electrons. The smallest absolute Gasteiger partial charge is 0.129 e. The molecule has 0 aliphatic heterocycles. The summed E-state index contributed by atoms with van der Waals surface area (Å²) in [6.07, 6.45) is 5.89. The fourth-order valence-electron chi connectivity index (χ4n) is 2.84. The predicted octanol–water partition coefficient (Wildman–Crippen LogP) is 7.72. The molecule has 3 rings (SSSR count). The van der Waals surface area contributed by atoms with Gasteiger partial charge in [-0.25, -0.2) is 8.78 Å². The Morgan fingerprint density at radius 3 is 1.23 bits per heavy atom. The van der Waals surface area contributed by atoms with Gasteiger partial charge in [0, 0.05) is 5.56 Å². The number of benzene rings is 2. The Bertz CT molecular complexity index is 596. The molecule has 2 aromatic rings. The van der Waals surface area contributed by atoms with Crippen LogP contribution >= 0.6 is 0 Å². The summed E-state index contributed by atoms with van der Waals surface area (Å²) < 4.78 is 25.2. The molecule has 0 unspecified atom stereocenters. The Labute approximate surface area is 158 Å². The zero-order chi connectivity index (χ0) is 19.7. The van der Waals surface area contributed by atoms with E-state index < -0.39 is 11.6 Å². The van der Waals surface area contributed by atoms with Gasteiger partial charge in [-0.1, -0.05) is 74.9 Å². The second-order valence-electron chi connectivity index (χ2n) is 7.87. The second-order valence-corrected chi connectivity index (χ2v) is 7.87. The Hall–Kier alpha value is -1.70. The van der Waals surface area contributed by atoms with Gasteiger partial charge < -0.3 is 0 Å². The van der Waals surface area contributed by atoms with Gasteiger partial charge in [0.05, 0.1) is 0 Å². The molecule has 1 aliphatic carbocycles. The lowest BCUT2D eigenvalue weighted by molar-refractivity contribution is 0.308. The minimum atomic E-state index is -0.475. The molecule has 0 atom stereocenters. The summed E-state index contributed by atoms with van der Waals surface area (Å²) in [6.45, 7) is 12.0. The number of hydrogen-bond donors (Lipinski definition) is 0. The van der Waals surface area contributed by atoms with Crippen molar-refractivity contribution in [3.8, 4) is 0 Å². The maximum absolute atomic E-state index is 12.6. The van der Waals surface area contributed by atoms with Crippen LogP contribution in [-0.4, -0.2) is 0 Å². The van der Waals surface area contributed by atoms with Crippen LogP contribution in [0.4, 0.5) is 8.78 Å². The SMILES string of the molecule is CC1CCC(C)CC1.Cc1cc(F)c(C)c(F)c1.Cc1ccc(C)cc1. The number of rotatable bonds is 0. The van der Waals surface area contributed by atoms with Gasteiger partial charge in [-0.15, -0.1) is 0 Å². The van der Waals surface area contributed by atoms with Crippen molar-refractivity contribution in [1.29, 1.82) is 0 Å². The van der Waals surface area contributed by atoms with Crippen molar-refractivity contribution < 1.29 is 8.78 Å². The standard InChI is InChI=1S/C8H8F2.C8H16.C8H10/c1-5-3-7(9)6(2)8(10)4-5;2*1-7-3-5-8(2)6-4-7/h3-4H,1-2H3;7-8H,3-6H2,1-2H3;3-6H,1-2H3. The molecular weight excluding hydrogens is 326 g/mol. The topological polar surface area (TPSA) is 0 Å². The van der Waals surface area contributed by atoms with Crippen LogP contribution in [0, 0.1) is 51.2 Å². The highest BCUT2D eigenvalue weighted by atomic mass is 19.1. The van der Waals surface area contributed by atoms with Gasteiger partial charge >= 0.3 is 0 Å². The van der Waals surface area contributed by atoms with Crippen molar-refractivity contribution in [1.82, 2.24) is 0 Å². The molecule has 1 aliphatic rings. The number of hydrogen-bond acceptors (Lipinski definition) is 0. The monoisotopic (exact) mass is 360 g/mol. The van der Waals surface area contributed by atoms with E-state index in [0.29, 0.717) is 5.56 Å². The lowest BCUT2D eigenvalue weighted by atomic mass is 9.84. The van der Waals surface area contributed by atoms with E-state index in [1.165, 1.54) is 55.9 Å². The maximum atomic E-state index is 12.6. The van der Waals surface area contributed by atoms with Gasteiger partial charge in [-0.2, -0.15) is 0 Å². The van der Waals surface area contributed by atoms with Crippen molar-refractivity contribution in [3.05, 3.63) is 70.3 Å². The van der Waals surface area contributed by atoms with Crippen molar-refractivity contribution in [2.24, 2.45) is 11.8 Å². The highest BCUT2D eigenvalue weighted by Crippen LogP contribution is 2.27. The quantitative estimate of drug-likeness (QED) is 0.451. The number of halogens is 2. The van der Waals surface area contributed by atoms with Crippen LogP contribution in [0.2, 0.25) is 0 Å². The Kier molecular flexibility index (Phi) is 9.54. The first-order valence-electron chi connectivity index (χ1n) is 9.64. The van der Waals surface area contributed by atoms with Crippen molar-refractivity contribution in [3.63, 3.8) is 0 Å². The molecule has 2 aromatic carbocycles. The summed E-state index contributed by atoms with van der Waals surface area (Å²) >= 11 is 0. The summed E-state index contributed by atoms with van der Waals surface area (Å²) in [4.78, 5) is 0. The van der Waals surface area contributed by atoms with Crippen LogP contribution in [0.5, 0.6) is 0 Å². The van der Waals surface area contributed by atoms with Crippen molar-refractivity contribution >= 4 is 0 Å². The van der Waals surface area contributed by atoms with E-state index in [2.05, 4.69) is 52.0 Å². The van der Waals surface area contributed by atoms with E-state index in [4.69, 9.17) is 0 Å². The third-order valence-electron chi connectivity index (χ3n) is 4.95. The van der Waals surface area contributed by atoms with Crippen LogP contribution in [-0.2, 0) is 0 Å². The lowest BCUT2D eigenvalue weighted by Gasteiger charge is -2.22. The van der Waals surface area contributed by atoms with Gasteiger partial charge in [0.2, 0.25) is 0 Å². The summed E-state index contributed by atoms with van der Waals surface area (Å²) in [7, 11) is 0. The van der Waals surface area contributed by atoms with Crippen LogP contribution in [0.3, 0.4) is 0 Å². The van der Waals surface area contributed by atoms with Crippen LogP contribution in [0.25, 0.3) is 0 Å². The Morgan fingerprint density at radius 2 is 0.923 bits per heavy atom. The fraction of sp³-hybridized carbons (Fsp3) is 0.500. The maximum Gasteiger partial charge on any atom is 0.129 e. The number of aryl methyl sites for hydroxylation is 3. The molecular formula is C24H34F2. The molecule has 0 saturated heterocycles. The van der Waals surface area contributed by atoms with Crippen LogP contribution in [0.1, 0.15) is 61.8 Å². The highest BCUT2D eigenvalue weighted by Gasteiger charge is 2.13. The summed E-state index contributed by atoms with van der Waals surface area (Å²) in [5.41, 5.74) is 3.36. The molecule has 0 amide bonds. The van der Waals surface area contributed by atoms with E-state index in [1.807, 2.05) is 0 Å². The van der Waals surface area contributed by atoms with Gasteiger partial charge in [0.15, 0.2) is 0 Å². The summed E-state index contributed by atoms with van der Waals surface area (Å²) in [5.74, 6) is 1.09. The minimum absolute atomic E-state index is 0.0885. The first-order chi connectivity index (χ1) is 12.2. The zero-order valence-electron chi connectivity index (χ0n) is 17.2. The lowest BCUT2D eigenvalue weighted by Crippen LogP contribution is -2.08. The fourth-order valence-corrected chi connectivity index (χ4v) is 2.84. The highest BCUT2D eigenvalue weighted by molar-refractivity contribution is 5.23. The molecule has 1 fully saturated rings. The molecule has 0 spiro atoms. The predicted molar refractivity (Wildman–Crippen MR) is 109 cm³/mol. The first-order valence-corrected chi connectivity index (χ1v) is 9.64. The third-order valence-corrected chi connectivity index (χ3v) is 4.95. The van der Waals surface area contributed by atoms with Gasteiger partial charge in [-0.05, 0) is 57.2 Å². The molecule has 2 heteroatoms. The van der Waals surface area contributed by atoms with Gasteiger partial charge in [-0.3, -0.25) is 0 Å². The Balaban J connectivity index is 0.000000197. The molecule has 26 heavy (non-hydrogen) atoms. The molecule has 0 N–H and O–H groups in total. The molecule has 0 aromatic heterocycles. The minimum Gasteiger partial charge on any atom is -0.207 e. The summed E-state index contributed by atoms with van der Waals surface area (Å²) in [5, 5.41) is 0. The molecule has 1 saturated carbocycles. The Morgan fingerprint density at radius 1 is 0.615 bits per heavy atom. The zero-order valence-corrected chi connectivity index (χ0v) is 17.2. The van der Waals surface area contributed by atoms with Gasteiger partial charge in [0.25, 0.3) is 0 Å². The van der Waals surface area contributed by atoms with Crippen molar-refractivity contribution in [2.45, 2.75) is 67.2 Å². The summed E-state index contributed by atoms with van der Waals surface area (Å²) in [6, 6.07) is 11.1. The third kappa shape index (κ3) is 8.60. The second kappa shape index (κ2) is 11.1. The van der Waals surface area contributed by atoms with E-state index in [9.17, 15) is 8.78 Å². The molecule has 0 heterocycles. The largest absolute Gasteiger partial charge is 0.207 e. The normalized spacial score (nSPS) is 18.9. The molecule has 0 nitrogen and oxygen atoms in total. The molecule has 0 bridgehead atoms. The average molecular weight is 361 g/mol. The van der Waals surface area contributed by atoms with E-state index >= 15 is 0 Å².